The second-order valence-corrected chi connectivity index (χ2v) is 9.65. The second kappa shape index (κ2) is 9.63. The van der Waals surface area contributed by atoms with Crippen LogP contribution in [0.1, 0.15) is 26.3 Å². The van der Waals surface area contributed by atoms with Gasteiger partial charge in [-0.3, -0.25) is 14.5 Å². The fourth-order valence-corrected chi connectivity index (χ4v) is 4.91. The molecule has 1 aromatic rings. The molecular formula is C22H32Cl2N4O3. The molecule has 3 aliphatic heterocycles. The number of hydrogen-bond acceptors (Lipinski definition) is 5. The first-order valence-corrected chi connectivity index (χ1v) is 11.1. The van der Waals surface area contributed by atoms with Gasteiger partial charge in [0.1, 0.15) is 6.04 Å². The number of ether oxygens (including phenoxy) is 1. The molecule has 2 fully saturated rings. The molecule has 31 heavy (non-hydrogen) atoms. The summed E-state index contributed by atoms with van der Waals surface area (Å²) in [5, 5.41) is 4.02. The summed E-state index contributed by atoms with van der Waals surface area (Å²) in [5.41, 5.74) is 1.89. The van der Waals surface area contributed by atoms with Gasteiger partial charge in [0.25, 0.3) is 0 Å². The van der Waals surface area contributed by atoms with Crippen LogP contribution >= 0.6 is 24.0 Å². The molecule has 7 nitrogen and oxygen atoms in total. The van der Waals surface area contributed by atoms with Gasteiger partial charge >= 0.3 is 0 Å². The lowest BCUT2D eigenvalue weighted by atomic mass is 9.87. The number of piperazine rings is 1. The number of hydrogen-bond donors (Lipinski definition) is 1. The van der Waals surface area contributed by atoms with Gasteiger partial charge in [-0.15, -0.1) is 12.4 Å². The summed E-state index contributed by atoms with van der Waals surface area (Å²) >= 11 is 6.23. The molecule has 2 amide bonds. The summed E-state index contributed by atoms with van der Waals surface area (Å²) in [6, 6.07) is 5.66. The van der Waals surface area contributed by atoms with Crippen LogP contribution in [-0.2, 0) is 19.7 Å². The van der Waals surface area contributed by atoms with Gasteiger partial charge in [0, 0.05) is 54.9 Å². The molecular weight excluding hydrogens is 439 g/mol. The fraction of sp³-hybridized carbons (Fsp3) is 0.636. The summed E-state index contributed by atoms with van der Waals surface area (Å²) in [5.74, 6) is 0.0914. The Kier molecular flexibility index (Phi) is 7.54. The Hall–Kier alpha value is -1.38. The summed E-state index contributed by atoms with van der Waals surface area (Å²) in [7, 11) is 0. The molecule has 0 unspecified atom stereocenters. The van der Waals surface area contributed by atoms with Crippen LogP contribution in [0.25, 0.3) is 0 Å². The van der Waals surface area contributed by atoms with Crippen molar-refractivity contribution >= 4 is 41.5 Å². The van der Waals surface area contributed by atoms with E-state index in [-0.39, 0.29) is 48.3 Å². The van der Waals surface area contributed by atoms with Gasteiger partial charge in [-0.1, -0.05) is 31.5 Å². The normalized spacial score (nSPS) is 25.7. The highest BCUT2D eigenvalue weighted by Gasteiger charge is 2.41. The van der Waals surface area contributed by atoms with Crippen molar-refractivity contribution in [1.82, 2.24) is 15.1 Å². The minimum Gasteiger partial charge on any atom is -0.378 e. The number of morpholine rings is 1. The van der Waals surface area contributed by atoms with Crippen molar-refractivity contribution in [1.29, 1.82) is 0 Å². The van der Waals surface area contributed by atoms with Gasteiger partial charge in [-0.05, 0) is 24.6 Å². The van der Waals surface area contributed by atoms with Crippen LogP contribution in [0.15, 0.2) is 18.2 Å². The van der Waals surface area contributed by atoms with E-state index in [1.807, 2.05) is 32.9 Å². The maximum absolute atomic E-state index is 13.4. The highest BCUT2D eigenvalue weighted by molar-refractivity contribution is 6.31. The third-order valence-corrected chi connectivity index (χ3v) is 6.62. The number of halogens is 2. The molecule has 0 spiro atoms. The Labute approximate surface area is 195 Å². The zero-order valence-electron chi connectivity index (χ0n) is 18.4. The van der Waals surface area contributed by atoms with Gasteiger partial charge < -0.3 is 19.9 Å². The number of carbonyl (C=O) groups is 2. The molecule has 2 saturated heterocycles. The summed E-state index contributed by atoms with van der Waals surface area (Å²) in [6.07, 6.45) is 0. The van der Waals surface area contributed by atoms with E-state index in [1.165, 1.54) is 0 Å². The van der Waals surface area contributed by atoms with Gasteiger partial charge in [-0.2, -0.15) is 0 Å². The van der Waals surface area contributed by atoms with Gasteiger partial charge in [0.2, 0.25) is 11.8 Å². The van der Waals surface area contributed by atoms with E-state index in [2.05, 4.69) is 26.1 Å². The predicted octanol–water partition coefficient (Wildman–Crippen LogP) is 1.91. The first-order valence-electron chi connectivity index (χ1n) is 10.7. The van der Waals surface area contributed by atoms with E-state index in [0.717, 1.165) is 11.3 Å². The smallest absolute Gasteiger partial charge is 0.241 e. The monoisotopic (exact) mass is 470 g/mol. The zero-order valence-corrected chi connectivity index (χ0v) is 20.0. The van der Waals surface area contributed by atoms with E-state index in [0.29, 0.717) is 51.0 Å². The van der Waals surface area contributed by atoms with E-state index in [1.54, 1.807) is 0 Å². The Morgan fingerprint density at radius 2 is 1.97 bits per heavy atom. The Balaban J connectivity index is 0.00000272. The summed E-state index contributed by atoms with van der Waals surface area (Å²) in [4.78, 5) is 32.3. The number of anilines is 1. The van der Waals surface area contributed by atoms with Crippen LogP contribution in [0.4, 0.5) is 5.69 Å². The zero-order chi connectivity index (χ0) is 21.5. The van der Waals surface area contributed by atoms with Crippen LogP contribution in [0, 0.1) is 0 Å². The lowest BCUT2D eigenvalue weighted by Gasteiger charge is -2.41. The van der Waals surface area contributed by atoms with Crippen molar-refractivity contribution in [3.05, 3.63) is 28.8 Å². The van der Waals surface area contributed by atoms with Crippen LogP contribution in [0.3, 0.4) is 0 Å². The van der Waals surface area contributed by atoms with Gasteiger partial charge in [0.05, 0.1) is 19.8 Å². The molecule has 1 N–H and O–H groups in total. The van der Waals surface area contributed by atoms with Crippen molar-refractivity contribution in [3.8, 4) is 0 Å². The van der Waals surface area contributed by atoms with Crippen molar-refractivity contribution in [2.45, 2.75) is 38.3 Å². The van der Waals surface area contributed by atoms with E-state index in [9.17, 15) is 9.59 Å². The van der Waals surface area contributed by atoms with E-state index >= 15 is 0 Å². The number of benzene rings is 1. The molecule has 4 rings (SSSR count). The molecule has 0 aromatic heterocycles. The lowest BCUT2D eigenvalue weighted by Crippen LogP contribution is -2.63. The standard InChI is InChI=1S/C22H31ClN4O3.ClH/c1-15-12-26(19(11-24-15)21(29)25-6-8-30-9-7-25)13-20(28)27-14-22(2,3)17-5-4-16(23)10-18(17)27;/h4-5,10,15,19,24H,6-9,11-14H2,1-3H3;1H/t15-,19-;/m1./s1. The minimum absolute atomic E-state index is 0. The van der Waals surface area contributed by atoms with Gasteiger partial charge in [0.15, 0.2) is 0 Å². The predicted molar refractivity (Wildman–Crippen MR) is 124 cm³/mol. The molecule has 1 aromatic carbocycles. The molecule has 0 bridgehead atoms. The van der Waals surface area contributed by atoms with Gasteiger partial charge in [-0.25, -0.2) is 0 Å². The molecule has 0 radical (unpaired) electrons. The van der Waals surface area contributed by atoms with Crippen LogP contribution < -0.4 is 10.2 Å². The average Bonchev–Trinajstić information content (AvgIpc) is 2.98. The SMILES string of the molecule is C[C@@H]1CN(CC(=O)N2CC(C)(C)c3ccc(Cl)cc32)[C@@H](C(=O)N2CCOCC2)CN1.Cl. The largest absolute Gasteiger partial charge is 0.378 e. The van der Waals surface area contributed by atoms with Crippen molar-refractivity contribution < 1.29 is 14.3 Å². The molecule has 3 aliphatic rings. The quantitative estimate of drug-likeness (QED) is 0.730. The van der Waals surface area contributed by atoms with Crippen LogP contribution in [0.2, 0.25) is 5.02 Å². The maximum Gasteiger partial charge on any atom is 0.241 e. The number of carbonyl (C=O) groups excluding carboxylic acids is 2. The Bertz CT molecular complexity index is 829. The topological polar surface area (TPSA) is 65.1 Å². The fourth-order valence-electron chi connectivity index (χ4n) is 4.75. The second-order valence-electron chi connectivity index (χ2n) is 9.22. The summed E-state index contributed by atoms with van der Waals surface area (Å²) in [6.45, 7) is 10.8. The molecule has 3 heterocycles. The van der Waals surface area contributed by atoms with E-state index < -0.39 is 0 Å². The summed E-state index contributed by atoms with van der Waals surface area (Å²) < 4.78 is 5.38. The molecule has 0 aliphatic carbocycles. The highest BCUT2D eigenvalue weighted by atomic mass is 35.5. The highest BCUT2D eigenvalue weighted by Crippen LogP contribution is 2.41. The number of fused-ring (bicyclic) bond motifs is 1. The first kappa shape index (κ1) is 24.3. The lowest BCUT2D eigenvalue weighted by molar-refractivity contribution is -0.142. The van der Waals surface area contributed by atoms with Crippen molar-refractivity contribution in [2.75, 3.05) is 57.4 Å². The molecule has 172 valence electrons. The number of rotatable bonds is 3. The van der Waals surface area contributed by atoms with E-state index in [4.69, 9.17) is 16.3 Å². The van der Waals surface area contributed by atoms with Crippen molar-refractivity contribution in [2.24, 2.45) is 0 Å². The Morgan fingerprint density at radius 1 is 1.26 bits per heavy atom. The third kappa shape index (κ3) is 5.01. The first-order chi connectivity index (χ1) is 14.3. The molecule has 0 saturated carbocycles. The molecule has 2 atom stereocenters. The van der Waals surface area contributed by atoms with Crippen LogP contribution in [0.5, 0.6) is 0 Å². The number of amides is 2. The average molecular weight is 471 g/mol. The molecule has 9 heteroatoms. The number of nitrogens with zero attached hydrogens (tertiary/aromatic N) is 3. The van der Waals surface area contributed by atoms with Crippen LogP contribution in [-0.4, -0.2) is 86.2 Å². The maximum atomic E-state index is 13.4. The van der Waals surface area contributed by atoms with Crippen molar-refractivity contribution in [3.63, 3.8) is 0 Å². The number of nitrogens with one attached hydrogen (secondary N) is 1. The Morgan fingerprint density at radius 3 is 2.68 bits per heavy atom. The minimum atomic E-state index is -0.335. The third-order valence-electron chi connectivity index (χ3n) is 6.39.